The van der Waals surface area contributed by atoms with Crippen LogP contribution in [0.1, 0.15) is 58.3 Å². The van der Waals surface area contributed by atoms with Gasteiger partial charge in [0.2, 0.25) is 5.91 Å². The Morgan fingerprint density at radius 1 is 1.15 bits per heavy atom. The molecule has 0 radical (unpaired) electrons. The van der Waals surface area contributed by atoms with Crippen LogP contribution in [0.15, 0.2) is 26.9 Å². The summed E-state index contributed by atoms with van der Waals surface area (Å²) in [7, 11) is 3.00. The maximum atomic E-state index is 12.9. The minimum Gasteiger partial charge on any atom is -0.310 e. The van der Waals surface area contributed by atoms with Crippen molar-refractivity contribution in [3.8, 4) is 0 Å². The van der Waals surface area contributed by atoms with E-state index in [4.69, 9.17) is 0 Å². The van der Waals surface area contributed by atoms with Gasteiger partial charge < -0.3 is 5.32 Å². The molecule has 1 saturated carbocycles. The minimum absolute atomic E-state index is 0.0531. The molecule has 3 heterocycles. The molecule has 4 rings (SSSR count). The Morgan fingerprint density at radius 3 is 2.52 bits per heavy atom. The van der Waals surface area contributed by atoms with Gasteiger partial charge >= 0.3 is 5.69 Å². The first-order valence-electron chi connectivity index (χ1n) is 11.0. The summed E-state index contributed by atoms with van der Waals surface area (Å²) in [5, 5.41) is 7.95. The molecule has 3 aromatic heterocycles. The van der Waals surface area contributed by atoms with E-state index in [0.717, 1.165) is 29.2 Å². The van der Waals surface area contributed by atoms with Crippen molar-refractivity contribution in [2.75, 3.05) is 11.1 Å². The number of aryl methyl sites for hydroxylation is 1. The molecule has 1 N–H and O–H groups in total. The Balaban J connectivity index is 1.64. The average Bonchev–Trinajstić information content (AvgIpc) is 3.45. The summed E-state index contributed by atoms with van der Waals surface area (Å²) in [4.78, 5) is 47.3. The zero-order chi connectivity index (χ0) is 23.9. The van der Waals surface area contributed by atoms with Crippen molar-refractivity contribution >= 4 is 34.5 Å². The second kappa shape index (κ2) is 8.77. The lowest BCUT2D eigenvalue weighted by atomic mass is 9.96. The molecule has 10 nitrogen and oxygen atoms in total. The van der Waals surface area contributed by atoms with Gasteiger partial charge in [-0.15, -0.1) is 0 Å². The molecule has 1 amide bonds. The summed E-state index contributed by atoms with van der Waals surface area (Å²) < 4.78 is 4.27. The van der Waals surface area contributed by atoms with Gasteiger partial charge in [-0.2, -0.15) is 5.10 Å². The molecule has 1 fully saturated rings. The highest BCUT2D eigenvalue weighted by atomic mass is 32.2. The van der Waals surface area contributed by atoms with Gasteiger partial charge in [0.15, 0.2) is 5.65 Å². The van der Waals surface area contributed by atoms with Crippen molar-refractivity contribution in [2.24, 2.45) is 14.1 Å². The highest BCUT2D eigenvalue weighted by molar-refractivity contribution is 8.00. The molecule has 1 aliphatic rings. The summed E-state index contributed by atoms with van der Waals surface area (Å²) in [6, 6.07) is 2.11. The number of carbonyl (C=O) groups excluding carboxylic acids is 1. The average molecular weight is 472 g/mol. The quantitative estimate of drug-likeness (QED) is 0.448. The van der Waals surface area contributed by atoms with Crippen molar-refractivity contribution in [1.29, 1.82) is 0 Å². The summed E-state index contributed by atoms with van der Waals surface area (Å²) in [6.07, 6.45) is 6.15. The number of anilines is 1. The molecule has 0 atom stereocenters. The number of hydrogen-bond acceptors (Lipinski definition) is 7. The third kappa shape index (κ3) is 4.46. The Bertz CT molecular complexity index is 1330. The number of carbonyl (C=O) groups is 1. The third-order valence-corrected chi connectivity index (χ3v) is 6.86. The van der Waals surface area contributed by atoms with E-state index in [0.29, 0.717) is 22.7 Å². The van der Waals surface area contributed by atoms with Gasteiger partial charge in [-0.1, -0.05) is 45.4 Å². The van der Waals surface area contributed by atoms with Crippen molar-refractivity contribution < 1.29 is 4.79 Å². The molecule has 0 aromatic carbocycles. The van der Waals surface area contributed by atoms with E-state index in [1.807, 2.05) is 25.5 Å². The number of fused-ring (bicyclic) bond motifs is 1. The van der Waals surface area contributed by atoms with Crippen molar-refractivity contribution in [1.82, 2.24) is 28.9 Å². The fraction of sp³-hybridized carbons (Fsp3) is 0.545. The lowest BCUT2D eigenvalue weighted by molar-refractivity contribution is -0.113. The van der Waals surface area contributed by atoms with Crippen LogP contribution in [0.2, 0.25) is 0 Å². The second-order valence-electron chi connectivity index (χ2n) is 9.44. The molecule has 0 unspecified atom stereocenters. The molecule has 0 bridgehead atoms. The number of nitrogens with one attached hydrogen (secondary N) is 1. The standard InChI is InChI=1S/C22H29N7O3S/c1-22(2,3)20-25-17-16(19(31)28(5)21(32)27(17)4)18(26-20)33-12-15(30)24-14-10-11-23-29(14)13-8-6-7-9-13/h10-11,13H,6-9,12H2,1-5H3,(H,24,30). The smallest absolute Gasteiger partial charge is 0.310 e. The number of rotatable bonds is 5. The van der Waals surface area contributed by atoms with Crippen molar-refractivity contribution in [3.63, 3.8) is 0 Å². The number of thioether (sulfide) groups is 1. The molecule has 3 aromatic rings. The van der Waals surface area contributed by atoms with Crippen LogP contribution in [-0.2, 0) is 24.3 Å². The van der Waals surface area contributed by atoms with Crippen LogP contribution >= 0.6 is 11.8 Å². The summed E-state index contributed by atoms with van der Waals surface area (Å²) in [6.45, 7) is 5.87. The van der Waals surface area contributed by atoms with Gasteiger partial charge in [-0.25, -0.2) is 19.4 Å². The summed E-state index contributed by atoms with van der Waals surface area (Å²) in [5.41, 5.74) is -1.07. The first kappa shape index (κ1) is 23.2. The van der Waals surface area contributed by atoms with Crippen LogP contribution < -0.4 is 16.6 Å². The van der Waals surface area contributed by atoms with Gasteiger partial charge in [0.1, 0.15) is 22.1 Å². The van der Waals surface area contributed by atoms with E-state index in [9.17, 15) is 14.4 Å². The van der Waals surface area contributed by atoms with Crippen LogP contribution in [0.4, 0.5) is 5.82 Å². The van der Waals surface area contributed by atoms with Crippen LogP contribution in [-0.4, -0.2) is 40.5 Å². The van der Waals surface area contributed by atoms with Gasteiger partial charge in [0.05, 0.1) is 18.0 Å². The number of amides is 1. The second-order valence-corrected chi connectivity index (χ2v) is 10.4. The largest absolute Gasteiger partial charge is 0.332 e. The Morgan fingerprint density at radius 2 is 1.85 bits per heavy atom. The number of aromatic nitrogens is 6. The van der Waals surface area contributed by atoms with E-state index in [2.05, 4.69) is 20.4 Å². The summed E-state index contributed by atoms with van der Waals surface area (Å²) >= 11 is 1.16. The highest BCUT2D eigenvalue weighted by Crippen LogP contribution is 2.31. The van der Waals surface area contributed by atoms with Crippen molar-refractivity contribution in [2.45, 2.75) is 62.9 Å². The molecular weight excluding hydrogens is 442 g/mol. The molecule has 11 heteroatoms. The van der Waals surface area contributed by atoms with E-state index in [1.165, 1.54) is 24.5 Å². The first-order valence-corrected chi connectivity index (χ1v) is 12.0. The molecular formula is C22H29N7O3S. The van der Waals surface area contributed by atoms with Gasteiger partial charge in [0.25, 0.3) is 5.56 Å². The van der Waals surface area contributed by atoms with E-state index in [-0.39, 0.29) is 22.7 Å². The topological polar surface area (TPSA) is 117 Å². The van der Waals surface area contributed by atoms with E-state index < -0.39 is 16.7 Å². The molecule has 176 valence electrons. The monoisotopic (exact) mass is 471 g/mol. The van der Waals surface area contributed by atoms with Crippen LogP contribution in [0.5, 0.6) is 0 Å². The highest BCUT2D eigenvalue weighted by Gasteiger charge is 2.25. The predicted octanol–water partition coefficient (Wildman–Crippen LogP) is 2.37. The predicted molar refractivity (Wildman–Crippen MR) is 128 cm³/mol. The zero-order valence-electron chi connectivity index (χ0n) is 19.6. The van der Waals surface area contributed by atoms with Crippen LogP contribution in [0.25, 0.3) is 11.0 Å². The van der Waals surface area contributed by atoms with Crippen molar-refractivity contribution in [3.05, 3.63) is 38.9 Å². The third-order valence-electron chi connectivity index (χ3n) is 5.89. The van der Waals surface area contributed by atoms with Gasteiger partial charge in [-0.3, -0.25) is 18.7 Å². The minimum atomic E-state index is -0.476. The molecule has 0 saturated heterocycles. The molecule has 0 aliphatic heterocycles. The normalized spacial score (nSPS) is 14.8. The molecule has 33 heavy (non-hydrogen) atoms. The van der Waals surface area contributed by atoms with Crippen LogP contribution in [0.3, 0.4) is 0 Å². The number of hydrogen-bond donors (Lipinski definition) is 1. The Labute approximate surface area is 195 Å². The lowest BCUT2D eigenvalue weighted by Gasteiger charge is -2.19. The van der Waals surface area contributed by atoms with E-state index in [1.54, 1.807) is 19.3 Å². The van der Waals surface area contributed by atoms with Gasteiger partial charge in [-0.05, 0) is 12.8 Å². The maximum absolute atomic E-state index is 12.9. The SMILES string of the molecule is Cn1c(=O)c2c(SCC(=O)Nc3ccnn3C3CCCC3)nc(C(C)(C)C)nc2n(C)c1=O. The Kier molecular flexibility index (Phi) is 6.17. The number of nitrogens with zero attached hydrogens (tertiary/aromatic N) is 6. The first-order chi connectivity index (χ1) is 15.6. The van der Waals surface area contributed by atoms with Crippen LogP contribution in [0, 0.1) is 0 Å². The summed E-state index contributed by atoms with van der Waals surface area (Å²) in [5.74, 6) is 1.01. The molecule has 1 aliphatic carbocycles. The zero-order valence-corrected chi connectivity index (χ0v) is 20.4. The fourth-order valence-corrected chi connectivity index (χ4v) is 4.85. The van der Waals surface area contributed by atoms with Gasteiger partial charge in [0, 0.05) is 25.6 Å². The maximum Gasteiger partial charge on any atom is 0.332 e. The molecule has 0 spiro atoms. The van der Waals surface area contributed by atoms with E-state index >= 15 is 0 Å². The fourth-order valence-electron chi connectivity index (χ4n) is 4.03. The lowest BCUT2D eigenvalue weighted by Crippen LogP contribution is -2.38. The Hall–Kier alpha value is -2.95.